The molecule has 2 aliphatic heterocycles. The zero-order valence-corrected chi connectivity index (χ0v) is 8.09. The van der Waals surface area contributed by atoms with Gasteiger partial charge in [-0.1, -0.05) is 0 Å². The first-order valence-electron chi connectivity index (χ1n) is 4.60. The topological polar surface area (TPSA) is 94.0 Å². The van der Waals surface area contributed by atoms with Crippen molar-refractivity contribution in [1.29, 1.82) is 0 Å². The molecule has 2 heterocycles. The maximum absolute atomic E-state index is 8.99. The highest BCUT2D eigenvalue weighted by Gasteiger charge is 2.38. The second-order valence-electron chi connectivity index (χ2n) is 3.21. The van der Waals surface area contributed by atoms with Gasteiger partial charge in [0.15, 0.2) is 12.0 Å². The van der Waals surface area contributed by atoms with Gasteiger partial charge in [-0.2, -0.15) is 0 Å². The van der Waals surface area contributed by atoms with E-state index in [0.717, 1.165) is 12.0 Å². The lowest BCUT2D eigenvalue weighted by Gasteiger charge is -2.42. The summed E-state index contributed by atoms with van der Waals surface area (Å²) in [6.45, 7) is 0.434. The fourth-order valence-corrected chi connectivity index (χ4v) is 1.44. The Hall–Kier alpha value is -1.66. The van der Waals surface area contributed by atoms with Crippen LogP contribution in [-0.4, -0.2) is 22.8 Å². The fourth-order valence-electron chi connectivity index (χ4n) is 1.44. The Morgan fingerprint density at radius 2 is 2.47 bits per heavy atom. The average Bonchev–Trinajstić information content (AvgIpc) is 2.20. The number of aliphatic hydroxyl groups excluding tert-OH is 1. The Labute approximate surface area is 87.0 Å². The summed E-state index contributed by atoms with van der Waals surface area (Å²) in [6, 6.07) is 0. The van der Waals surface area contributed by atoms with E-state index in [2.05, 4.69) is 0 Å². The quantitative estimate of drug-likeness (QED) is 0.570. The van der Waals surface area contributed by atoms with E-state index < -0.39 is 0 Å². The number of rotatable bonds is 3. The number of nitrogens with two attached hydrogens (primary N) is 2. The SMILES string of the molecule is NCC/C(=C\O)N1OC2C=C(N)OC=C21. The van der Waals surface area contributed by atoms with E-state index in [-0.39, 0.29) is 6.10 Å². The van der Waals surface area contributed by atoms with Crippen LogP contribution in [0.3, 0.4) is 0 Å². The minimum atomic E-state index is -0.188. The molecule has 0 bridgehead atoms. The molecule has 0 aromatic heterocycles. The normalized spacial score (nSPS) is 24.7. The predicted molar refractivity (Wildman–Crippen MR) is 52.5 cm³/mol. The third-order valence-corrected chi connectivity index (χ3v) is 2.19. The summed E-state index contributed by atoms with van der Waals surface area (Å²) < 4.78 is 5.03. The molecule has 0 amide bonds. The van der Waals surface area contributed by atoms with Crippen LogP contribution in [0.25, 0.3) is 0 Å². The summed E-state index contributed by atoms with van der Waals surface area (Å²) in [5.41, 5.74) is 12.2. The summed E-state index contributed by atoms with van der Waals surface area (Å²) in [6.07, 6.45) is 4.48. The summed E-state index contributed by atoms with van der Waals surface area (Å²) in [4.78, 5) is 5.36. The Bertz CT molecular complexity index is 349. The van der Waals surface area contributed by atoms with Crippen molar-refractivity contribution in [3.05, 3.63) is 35.9 Å². The van der Waals surface area contributed by atoms with Gasteiger partial charge in [0, 0.05) is 12.5 Å². The molecule has 1 atom stereocenters. The Morgan fingerprint density at radius 3 is 3.07 bits per heavy atom. The highest BCUT2D eigenvalue weighted by molar-refractivity contribution is 5.26. The van der Waals surface area contributed by atoms with E-state index >= 15 is 0 Å². The van der Waals surface area contributed by atoms with Gasteiger partial charge >= 0.3 is 0 Å². The molecule has 2 aliphatic rings. The number of aliphatic hydroxyl groups is 1. The predicted octanol–water partition coefficient (Wildman–Crippen LogP) is 0.0221. The molecular weight excluding hydrogens is 198 g/mol. The van der Waals surface area contributed by atoms with Crippen LogP contribution in [0.1, 0.15) is 6.42 Å². The third-order valence-electron chi connectivity index (χ3n) is 2.19. The van der Waals surface area contributed by atoms with Crippen molar-refractivity contribution in [2.75, 3.05) is 6.54 Å². The maximum Gasteiger partial charge on any atom is 0.189 e. The Balaban J connectivity index is 2.05. The maximum atomic E-state index is 8.99. The van der Waals surface area contributed by atoms with Crippen molar-refractivity contribution >= 4 is 0 Å². The Morgan fingerprint density at radius 1 is 1.67 bits per heavy atom. The zero-order valence-electron chi connectivity index (χ0n) is 8.09. The van der Waals surface area contributed by atoms with Gasteiger partial charge in [0.25, 0.3) is 0 Å². The lowest BCUT2D eigenvalue weighted by atomic mass is 10.1. The lowest BCUT2D eigenvalue weighted by molar-refractivity contribution is -0.218. The molecular formula is C9H13N3O3. The van der Waals surface area contributed by atoms with Crippen molar-refractivity contribution < 1.29 is 14.7 Å². The van der Waals surface area contributed by atoms with Gasteiger partial charge in [0.2, 0.25) is 0 Å². The number of hydroxylamine groups is 2. The molecule has 15 heavy (non-hydrogen) atoms. The van der Waals surface area contributed by atoms with Gasteiger partial charge in [0.05, 0.1) is 5.70 Å². The largest absolute Gasteiger partial charge is 0.514 e. The van der Waals surface area contributed by atoms with Crippen LogP contribution in [0.5, 0.6) is 0 Å². The molecule has 2 rings (SSSR count). The molecule has 0 aliphatic carbocycles. The van der Waals surface area contributed by atoms with E-state index in [1.165, 1.54) is 11.3 Å². The molecule has 1 unspecified atom stereocenters. The van der Waals surface area contributed by atoms with Gasteiger partial charge in [-0.25, -0.2) is 5.06 Å². The number of hydrogen-bond acceptors (Lipinski definition) is 6. The average molecular weight is 211 g/mol. The summed E-state index contributed by atoms with van der Waals surface area (Å²) in [5, 5.41) is 10.5. The molecule has 0 spiro atoms. The molecule has 6 heteroatoms. The molecule has 1 fully saturated rings. The molecule has 5 N–H and O–H groups in total. The van der Waals surface area contributed by atoms with Gasteiger partial charge in [0.1, 0.15) is 18.2 Å². The minimum Gasteiger partial charge on any atom is -0.514 e. The van der Waals surface area contributed by atoms with E-state index in [0.29, 0.717) is 24.5 Å². The molecule has 0 radical (unpaired) electrons. The van der Waals surface area contributed by atoms with Crippen LogP contribution in [-0.2, 0) is 9.57 Å². The second kappa shape index (κ2) is 3.84. The number of hydrogen-bond donors (Lipinski definition) is 3. The van der Waals surface area contributed by atoms with Gasteiger partial charge in [-0.05, 0) is 6.54 Å². The summed E-state index contributed by atoms with van der Waals surface area (Å²) >= 11 is 0. The van der Waals surface area contributed by atoms with Crippen LogP contribution in [0.2, 0.25) is 0 Å². The van der Waals surface area contributed by atoms with E-state index in [1.54, 1.807) is 6.08 Å². The van der Waals surface area contributed by atoms with Crippen molar-refractivity contribution in [2.24, 2.45) is 11.5 Å². The van der Waals surface area contributed by atoms with E-state index in [9.17, 15) is 0 Å². The second-order valence-corrected chi connectivity index (χ2v) is 3.21. The molecule has 0 aromatic carbocycles. The third kappa shape index (κ3) is 1.64. The summed E-state index contributed by atoms with van der Waals surface area (Å²) in [7, 11) is 0. The van der Waals surface area contributed by atoms with Crippen LogP contribution in [0, 0.1) is 0 Å². The van der Waals surface area contributed by atoms with Gasteiger partial charge < -0.3 is 21.3 Å². The lowest BCUT2D eigenvalue weighted by Crippen LogP contribution is -2.46. The standard InChI is InChI=1S/C9H13N3O3/c10-2-1-6(4-13)12-7-5-14-9(11)3-8(7)15-12/h3-5,8,13H,1-2,10-11H2/b6-4+. The number of fused-ring (bicyclic) bond motifs is 1. The number of ether oxygens (including phenoxy) is 1. The van der Waals surface area contributed by atoms with Crippen LogP contribution in [0.4, 0.5) is 0 Å². The fraction of sp³-hybridized carbons (Fsp3) is 0.333. The molecule has 6 nitrogen and oxygen atoms in total. The highest BCUT2D eigenvalue weighted by atomic mass is 16.7. The first kappa shape index (κ1) is 9.88. The molecule has 0 aromatic rings. The van der Waals surface area contributed by atoms with Crippen molar-refractivity contribution in [3.8, 4) is 0 Å². The summed E-state index contributed by atoms with van der Waals surface area (Å²) in [5.74, 6) is 0.316. The van der Waals surface area contributed by atoms with E-state index in [1.807, 2.05) is 0 Å². The van der Waals surface area contributed by atoms with Crippen molar-refractivity contribution in [2.45, 2.75) is 12.5 Å². The van der Waals surface area contributed by atoms with Crippen molar-refractivity contribution in [3.63, 3.8) is 0 Å². The van der Waals surface area contributed by atoms with E-state index in [4.69, 9.17) is 26.1 Å². The smallest absolute Gasteiger partial charge is 0.189 e. The van der Waals surface area contributed by atoms with Gasteiger partial charge in [-0.3, -0.25) is 4.84 Å². The Kier molecular flexibility index (Phi) is 2.53. The van der Waals surface area contributed by atoms with Gasteiger partial charge in [-0.15, -0.1) is 0 Å². The van der Waals surface area contributed by atoms with Crippen molar-refractivity contribution in [1.82, 2.24) is 5.06 Å². The highest BCUT2D eigenvalue weighted by Crippen LogP contribution is 2.34. The van der Waals surface area contributed by atoms with Crippen LogP contribution >= 0.6 is 0 Å². The monoisotopic (exact) mass is 211 g/mol. The number of nitrogens with zero attached hydrogens (tertiary/aromatic N) is 1. The first-order valence-corrected chi connectivity index (χ1v) is 4.60. The first-order chi connectivity index (χ1) is 7.26. The van der Waals surface area contributed by atoms with Crippen LogP contribution in [0.15, 0.2) is 35.9 Å². The van der Waals surface area contributed by atoms with Crippen LogP contribution < -0.4 is 11.5 Å². The molecule has 0 saturated carbocycles. The zero-order chi connectivity index (χ0) is 10.8. The minimum absolute atomic E-state index is 0.188. The molecule has 82 valence electrons. The molecule has 1 saturated heterocycles.